The van der Waals surface area contributed by atoms with Crippen LogP contribution in [0.1, 0.15) is 21.5 Å². The first-order chi connectivity index (χ1) is 14.9. The number of amides is 2. The number of likely N-dealkylation sites (N-methyl/N-ethyl adjacent to an activating group) is 1. The van der Waals surface area contributed by atoms with Crippen molar-refractivity contribution < 1.29 is 9.59 Å². The predicted molar refractivity (Wildman–Crippen MR) is 128 cm³/mol. The number of anilines is 1. The van der Waals surface area contributed by atoms with Crippen LogP contribution >= 0.6 is 35.0 Å². The Bertz CT molecular complexity index is 1190. The van der Waals surface area contributed by atoms with Crippen molar-refractivity contribution in [2.45, 2.75) is 11.4 Å². The molecule has 0 spiro atoms. The van der Waals surface area contributed by atoms with Gasteiger partial charge in [-0.15, -0.1) is 0 Å². The topological polar surface area (TPSA) is 49.4 Å². The third-order valence-electron chi connectivity index (χ3n) is 4.83. The predicted octanol–water partition coefficient (Wildman–Crippen LogP) is 6.03. The minimum absolute atomic E-state index is 0.129. The van der Waals surface area contributed by atoms with Crippen LogP contribution in [0.4, 0.5) is 5.69 Å². The second kappa shape index (κ2) is 9.18. The van der Waals surface area contributed by atoms with E-state index in [0.717, 1.165) is 16.0 Å². The normalized spacial score (nSPS) is 14.5. The van der Waals surface area contributed by atoms with E-state index < -0.39 is 0 Å². The van der Waals surface area contributed by atoms with Crippen LogP contribution in [0.3, 0.4) is 0 Å². The summed E-state index contributed by atoms with van der Waals surface area (Å²) < 4.78 is 0. The van der Waals surface area contributed by atoms with E-state index >= 15 is 0 Å². The first kappa shape index (κ1) is 21.5. The fraction of sp³-hybridized carbons (Fsp3) is 0.0833. The molecule has 0 bridgehead atoms. The molecule has 2 amide bonds. The number of thioether (sulfide) groups is 1. The highest BCUT2D eigenvalue weighted by molar-refractivity contribution is 8.04. The van der Waals surface area contributed by atoms with E-state index in [9.17, 15) is 9.59 Å². The minimum atomic E-state index is -0.205. The van der Waals surface area contributed by atoms with E-state index in [-0.39, 0.29) is 11.8 Å². The Kier molecular flexibility index (Phi) is 6.37. The van der Waals surface area contributed by atoms with Gasteiger partial charge in [-0.1, -0.05) is 59.2 Å². The van der Waals surface area contributed by atoms with Crippen LogP contribution in [-0.2, 0) is 11.3 Å². The maximum atomic E-state index is 12.9. The van der Waals surface area contributed by atoms with E-state index in [0.29, 0.717) is 32.7 Å². The molecular weight excluding hydrogens is 451 g/mol. The third-order valence-corrected chi connectivity index (χ3v) is 6.40. The molecule has 0 unspecified atom stereocenters. The molecule has 0 aromatic heterocycles. The largest absolute Gasteiger partial charge is 0.348 e. The summed E-state index contributed by atoms with van der Waals surface area (Å²) in [4.78, 5) is 28.6. The van der Waals surface area contributed by atoms with Gasteiger partial charge in [0.15, 0.2) is 0 Å². The molecule has 1 aliphatic rings. The number of rotatable bonds is 4. The van der Waals surface area contributed by atoms with Gasteiger partial charge < -0.3 is 10.2 Å². The van der Waals surface area contributed by atoms with Crippen molar-refractivity contribution in [3.05, 3.63) is 98.4 Å². The lowest BCUT2D eigenvalue weighted by molar-refractivity contribution is -0.114. The van der Waals surface area contributed by atoms with Crippen LogP contribution < -0.4 is 10.2 Å². The Hall–Kier alpha value is -2.73. The standard InChI is InChI=1S/C24H18Cl2N2O2S/c1-28-20-13-17(23(29)27-14-15-5-8-18(25)9-6-15)7-10-21(20)31-22(24(28)30)12-16-3-2-4-19(26)11-16/h2-13H,14H2,1H3,(H,27,29). The zero-order valence-electron chi connectivity index (χ0n) is 16.6. The lowest BCUT2D eigenvalue weighted by Gasteiger charge is -2.27. The average molecular weight is 469 g/mol. The number of hydrogen-bond acceptors (Lipinski definition) is 3. The zero-order chi connectivity index (χ0) is 22.0. The molecular formula is C24H18Cl2N2O2S. The molecule has 31 heavy (non-hydrogen) atoms. The summed E-state index contributed by atoms with van der Waals surface area (Å²) in [6.45, 7) is 0.392. The number of halogens is 2. The van der Waals surface area contributed by atoms with Crippen molar-refractivity contribution in [3.63, 3.8) is 0 Å². The van der Waals surface area contributed by atoms with Crippen LogP contribution in [0.5, 0.6) is 0 Å². The Labute approximate surface area is 194 Å². The molecule has 1 heterocycles. The second-order valence-corrected chi connectivity index (χ2v) is 8.98. The van der Waals surface area contributed by atoms with E-state index in [2.05, 4.69) is 5.32 Å². The summed E-state index contributed by atoms with van der Waals surface area (Å²) in [5.74, 6) is -0.333. The van der Waals surface area contributed by atoms with Crippen molar-refractivity contribution in [1.29, 1.82) is 0 Å². The van der Waals surface area contributed by atoms with Crippen molar-refractivity contribution >= 4 is 58.5 Å². The van der Waals surface area contributed by atoms with Gasteiger partial charge >= 0.3 is 0 Å². The molecule has 156 valence electrons. The SMILES string of the molecule is CN1C(=O)C(=Cc2cccc(Cl)c2)Sc2ccc(C(=O)NCc3ccc(Cl)cc3)cc21. The fourth-order valence-electron chi connectivity index (χ4n) is 3.17. The number of carbonyl (C=O) groups excluding carboxylic acids is 2. The zero-order valence-corrected chi connectivity index (χ0v) is 18.9. The minimum Gasteiger partial charge on any atom is -0.348 e. The number of hydrogen-bond donors (Lipinski definition) is 1. The molecule has 4 rings (SSSR count). The molecule has 0 saturated carbocycles. The van der Waals surface area contributed by atoms with Gasteiger partial charge in [0.05, 0.1) is 10.6 Å². The fourth-order valence-corrected chi connectivity index (χ4v) is 4.59. The molecule has 0 fully saturated rings. The highest BCUT2D eigenvalue weighted by Gasteiger charge is 2.27. The van der Waals surface area contributed by atoms with Gasteiger partial charge in [-0.05, 0) is 59.7 Å². The Morgan fingerprint density at radius 3 is 2.55 bits per heavy atom. The number of benzene rings is 3. The molecule has 1 aliphatic heterocycles. The smallest absolute Gasteiger partial charge is 0.264 e. The van der Waals surface area contributed by atoms with Crippen LogP contribution in [0.25, 0.3) is 6.08 Å². The highest BCUT2D eigenvalue weighted by atomic mass is 35.5. The number of fused-ring (bicyclic) bond motifs is 1. The van der Waals surface area contributed by atoms with Gasteiger partial charge in [-0.25, -0.2) is 0 Å². The molecule has 0 atom stereocenters. The molecule has 0 saturated heterocycles. The van der Waals surface area contributed by atoms with Gasteiger partial charge in [-0.3, -0.25) is 9.59 Å². The number of carbonyl (C=O) groups is 2. The van der Waals surface area contributed by atoms with Crippen molar-refractivity contribution in [3.8, 4) is 0 Å². The first-order valence-corrected chi connectivity index (χ1v) is 11.1. The monoisotopic (exact) mass is 468 g/mol. The second-order valence-electron chi connectivity index (χ2n) is 7.02. The quantitative estimate of drug-likeness (QED) is 0.475. The summed E-state index contributed by atoms with van der Waals surface area (Å²) in [6, 6.07) is 20.0. The summed E-state index contributed by atoms with van der Waals surface area (Å²) in [5, 5.41) is 4.17. The van der Waals surface area contributed by atoms with Crippen LogP contribution in [0.15, 0.2) is 76.5 Å². The van der Waals surface area contributed by atoms with Gasteiger partial charge in [0.25, 0.3) is 11.8 Å². The lowest BCUT2D eigenvalue weighted by Crippen LogP contribution is -2.31. The average Bonchev–Trinajstić information content (AvgIpc) is 2.76. The summed E-state index contributed by atoms with van der Waals surface area (Å²) in [5.41, 5.74) is 3.01. The van der Waals surface area contributed by atoms with Crippen LogP contribution in [0.2, 0.25) is 10.0 Å². The maximum Gasteiger partial charge on any atom is 0.264 e. The third kappa shape index (κ3) is 4.96. The highest BCUT2D eigenvalue weighted by Crippen LogP contribution is 2.42. The van der Waals surface area contributed by atoms with E-state index in [1.807, 2.05) is 42.5 Å². The molecule has 3 aromatic rings. The van der Waals surface area contributed by atoms with Gasteiger partial charge in [0, 0.05) is 34.1 Å². The van der Waals surface area contributed by atoms with E-state index in [1.165, 1.54) is 11.8 Å². The molecule has 3 aromatic carbocycles. The van der Waals surface area contributed by atoms with Crippen molar-refractivity contribution in [1.82, 2.24) is 5.32 Å². The van der Waals surface area contributed by atoms with Gasteiger partial charge in [0.1, 0.15) is 0 Å². The van der Waals surface area contributed by atoms with Crippen molar-refractivity contribution in [2.24, 2.45) is 0 Å². The lowest BCUT2D eigenvalue weighted by atomic mass is 10.1. The summed E-state index contributed by atoms with van der Waals surface area (Å²) >= 11 is 13.3. The Morgan fingerprint density at radius 1 is 1.03 bits per heavy atom. The molecule has 0 aliphatic carbocycles. The molecule has 1 N–H and O–H groups in total. The Balaban J connectivity index is 1.53. The Morgan fingerprint density at radius 2 is 1.81 bits per heavy atom. The van der Waals surface area contributed by atoms with Gasteiger partial charge in [-0.2, -0.15) is 0 Å². The molecule has 4 nitrogen and oxygen atoms in total. The number of nitrogens with zero attached hydrogens (tertiary/aromatic N) is 1. The number of nitrogens with one attached hydrogen (secondary N) is 1. The summed E-state index contributed by atoms with van der Waals surface area (Å²) in [6.07, 6.45) is 1.82. The first-order valence-electron chi connectivity index (χ1n) is 9.50. The van der Waals surface area contributed by atoms with Crippen LogP contribution in [-0.4, -0.2) is 18.9 Å². The van der Waals surface area contributed by atoms with E-state index in [4.69, 9.17) is 23.2 Å². The maximum absolute atomic E-state index is 12.9. The van der Waals surface area contributed by atoms with Crippen molar-refractivity contribution in [2.75, 3.05) is 11.9 Å². The van der Waals surface area contributed by atoms with E-state index in [1.54, 1.807) is 42.3 Å². The molecule has 0 radical (unpaired) electrons. The van der Waals surface area contributed by atoms with Gasteiger partial charge in [0.2, 0.25) is 0 Å². The van der Waals surface area contributed by atoms with Crippen LogP contribution in [0, 0.1) is 0 Å². The summed E-state index contributed by atoms with van der Waals surface area (Å²) in [7, 11) is 1.71. The molecule has 7 heteroatoms.